The van der Waals surface area contributed by atoms with Gasteiger partial charge in [0.2, 0.25) is 0 Å². The molecule has 0 fully saturated rings. The Kier molecular flexibility index (Phi) is 3.74. The number of aliphatic hydroxyl groups is 2. The van der Waals surface area contributed by atoms with Crippen molar-refractivity contribution in [1.29, 1.82) is 0 Å². The van der Waals surface area contributed by atoms with Crippen molar-refractivity contribution in [2.24, 2.45) is 0 Å². The Morgan fingerprint density at radius 1 is 1.83 bits per heavy atom. The summed E-state index contributed by atoms with van der Waals surface area (Å²) in [4.78, 5) is 10.8. The Labute approximate surface area is 74.2 Å². The van der Waals surface area contributed by atoms with Crippen LogP contribution in [0.4, 0.5) is 0 Å². The van der Waals surface area contributed by atoms with Crippen LogP contribution in [0.25, 0.3) is 0 Å². The number of Topliss-reactive ketones (excluding diaryl/α,β-unsaturated/α-hetero) is 1. The molecule has 0 aromatic heterocycles. The first-order valence-corrected chi connectivity index (χ1v) is 4.43. The largest absolute Gasteiger partial charge is 0.388 e. The van der Waals surface area contributed by atoms with E-state index in [9.17, 15) is 9.90 Å². The van der Waals surface area contributed by atoms with Gasteiger partial charge in [-0.3, -0.25) is 4.79 Å². The maximum atomic E-state index is 10.8. The van der Waals surface area contributed by atoms with Gasteiger partial charge in [0.1, 0.15) is 12.0 Å². The van der Waals surface area contributed by atoms with Crippen molar-refractivity contribution in [2.75, 3.05) is 13.2 Å². The standard InChI is InChI=1S/C7H10O4S/c8-4-5(9)6(10)7-11-2-1-3-12-7/h1,3,6-8,10H,2,4H2. The maximum Gasteiger partial charge on any atom is 0.190 e. The maximum absolute atomic E-state index is 10.8. The summed E-state index contributed by atoms with van der Waals surface area (Å²) in [5, 5.41) is 19.5. The SMILES string of the molecule is O=C(CO)C(O)C1OCC=CS1. The predicted molar refractivity (Wildman–Crippen MR) is 44.6 cm³/mol. The molecule has 5 heteroatoms. The summed E-state index contributed by atoms with van der Waals surface area (Å²) in [5.41, 5.74) is -0.574. The van der Waals surface area contributed by atoms with Gasteiger partial charge in [-0.05, 0) is 5.41 Å². The molecule has 1 heterocycles. The van der Waals surface area contributed by atoms with Crippen LogP contribution < -0.4 is 0 Å². The molecular formula is C7H10O4S. The van der Waals surface area contributed by atoms with Gasteiger partial charge in [-0.25, -0.2) is 0 Å². The molecule has 0 aliphatic carbocycles. The van der Waals surface area contributed by atoms with Gasteiger partial charge in [-0.1, -0.05) is 17.8 Å². The highest BCUT2D eigenvalue weighted by Crippen LogP contribution is 2.21. The molecule has 2 atom stereocenters. The van der Waals surface area contributed by atoms with Crippen molar-refractivity contribution in [1.82, 2.24) is 0 Å². The summed E-state index contributed by atoms with van der Waals surface area (Å²) in [5.74, 6) is -0.609. The van der Waals surface area contributed by atoms with Crippen molar-refractivity contribution < 1.29 is 19.7 Å². The van der Waals surface area contributed by atoms with Gasteiger partial charge in [-0.2, -0.15) is 0 Å². The zero-order valence-corrected chi connectivity index (χ0v) is 7.16. The van der Waals surface area contributed by atoms with Crippen LogP contribution in [0, 0.1) is 0 Å². The van der Waals surface area contributed by atoms with Gasteiger partial charge in [0.25, 0.3) is 0 Å². The minimum atomic E-state index is -1.23. The first kappa shape index (κ1) is 9.73. The average molecular weight is 190 g/mol. The molecule has 1 aliphatic heterocycles. The van der Waals surface area contributed by atoms with Crippen molar-refractivity contribution in [2.45, 2.75) is 11.5 Å². The number of hydrogen-bond donors (Lipinski definition) is 2. The second kappa shape index (κ2) is 4.61. The molecule has 0 amide bonds. The highest BCUT2D eigenvalue weighted by atomic mass is 32.2. The molecule has 68 valence electrons. The van der Waals surface area contributed by atoms with E-state index in [1.54, 1.807) is 11.5 Å². The molecular weight excluding hydrogens is 180 g/mol. The number of carbonyl (C=O) groups is 1. The highest BCUT2D eigenvalue weighted by Gasteiger charge is 2.26. The van der Waals surface area contributed by atoms with E-state index in [1.807, 2.05) is 0 Å². The van der Waals surface area contributed by atoms with Crippen LogP contribution in [0.15, 0.2) is 11.5 Å². The molecule has 4 nitrogen and oxygen atoms in total. The van der Waals surface area contributed by atoms with Crippen molar-refractivity contribution in [3.63, 3.8) is 0 Å². The molecule has 0 aromatic rings. The van der Waals surface area contributed by atoms with Gasteiger partial charge >= 0.3 is 0 Å². The summed E-state index contributed by atoms with van der Waals surface area (Å²) in [6.07, 6.45) is 0.557. The summed E-state index contributed by atoms with van der Waals surface area (Å²) in [7, 11) is 0. The average Bonchev–Trinajstić information content (AvgIpc) is 2.17. The molecule has 2 unspecified atom stereocenters. The predicted octanol–water partition coefficient (Wildman–Crippen LogP) is -0.488. The van der Waals surface area contributed by atoms with Crippen LogP contribution in [-0.4, -0.2) is 40.8 Å². The topological polar surface area (TPSA) is 66.8 Å². The van der Waals surface area contributed by atoms with Crippen LogP contribution in [0.5, 0.6) is 0 Å². The lowest BCUT2D eigenvalue weighted by Gasteiger charge is -2.21. The van der Waals surface area contributed by atoms with Gasteiger partial charge in [-0.15, -0.1) is 0 Å². The number of aliphatic hydroxyl groups excluding tert-OH is 2. The molecule has 1 rings (SSSR count). The van der Waals surface area contributed by atoms with Gasteiger partial charge in [0.15, 0.2) is 11.9 Å². The van der Waals surface area contributed by atoms with E-state index >= 15 is 0 Å². The molecule has 0 saturated carbocycles. The Bertz CT molecular complexity index is 192. The lowest BCUT2D eigenvalue weighted by molar-refractivity contribution is -0.134. The van der Waals surface area contributed by atoms with E-state index < -0.39 is 23.9 Å². The summed E-state index contributed by atoms with van der Waals surface area (Å²) >= 11 is 1.23. The zero-order chi connectivity index (χ0) is 8.97. The lowest BCUT2D eigenvalue weighted by atomic mass is 10.2. The third-order valence-corrected chi connectivity index (χ3v) is 2.42. The minimum absolute atomic E-state index is 0.396. The minimum Gasteiger partial charge on any atom is -0.388 e. The Balaban J connectivity index is 2.46. The van der Waals surface area contributed by atoms with Crippen LogP contribution in [-0.2, 0) is 9.53 Å². The lowest BCUT2D eigenvalue weighted by Crippen LogP contribution is -2.36. The molecule has 0 spiro atoms. The normalized spacial score (nSPS) is 25.3. The molecule has 0 bridgehead atoms. The fraction of sp³-hybridized carbons (Fsp3) is 0.571. The number of thioether (sulfide) groups is 1. The number of rotatable bonds is 3. The van der Waals surface area contributed by atoms with Crippen LogP contribution >= 0.6 is 11.8 Å². The summed E-state index contributed by atoms with van der Waals surface area (Å²) in [6, 6.07) is 0. The van der Waals surface area contributed by atoms with Crippen molar-refractivity contribution in [3.05, 3.63) is 11.5 Å². The third kappa shape index (κ3) is 2.31. The number of carbonyl (C=O) groups excluding carboxylic acids is 1. The summed E-state index contributed by atoms with van der Waals surface area (Å²) < 4.78 is 5.06. The van der Waals surface area contributed by atoms with Gasteiger partial charge < -0.3 is 14.9 Å². The van der Waals surface area contributed by atoms with Crippen LogP contribution in [0.1, 0.15) is 0 Å². The Morgan fingerprint density at radius 3 is 3.08 bits per heavy atom. The van der Waals surface area contributed by atoms with Gasteiger partial charge in [0, 0.05) is 0 Å². The fourth-order valence-corrected chi connectivity index (χ4v) is 1.58. The molecule has 0 aromatic carbocycles. The van der Waals surface area contributed by atoms with E-state index in [-0.39, 0.29) is 0 Å². The highest BCUT2D eigenvalue weighted by molar-refractivity contribution is 8.02. The number of ether oxygens (including phenoxy) is 1. The van der Waals surface area contributed by atoms with Crippen LogP contribution in [0.2, 0.25) is 0 Å². The number of hydrogen-bond acceptors (Lipinski definition) is 5. The van der Waals surface area contributed by atoms with Crippen molar-refractivity contribution >= 4 is 17.5 Å². The van der Waals surface area contributed by atoms with E-state index in [0.717, 1.165) is 0 Å². The molecule has 0 radical (unpaired) electrons. The molecule has 12 heavy (non-hydrogen) atoms. The second-order valence-electron chi connectivity index (χ2n) is 2.28. The second-order valence-corrected chi connectivity index (χ2v) is 3.29. The first-order valence-electron chi connectivity index (χ1n) is 3.49. The Morgan fingerprint density at radius 2 is 2.58 bits per heavy atom. The van der Waals surface area contributed by atoms with Crippen molar-refractivity contribution in [3.8, 4) is 0 Å². The van der Waals surface area contributed by atoms with E-state index in [2.05, 4.69) is 0 Å². The van der Waals surface area contributed by atoms with E-state index in [0.29, 0.717) is 6.61 Å². The molecule has 0 saturated heterocycles. The molecule has 2 N–H and O–H groups in total. The first-order chi connectivity index (χ1) is 5.75. The summed E-state index contributed by atoms with van der Waals surface area (Å²) in [6.45, 7) is -0.251. The number of ketones is 1. The van der Waals surface area contributed by atoms with E-state index in [4.69, 9.17) is 9.84 Å². The Hall–Kier alpha value is -0.360. The fourth-order valence-electron chi connectivity index (χ4n) is 0.773. The van der Waals surface area contributed by atoms with Crippen LogP contribution in [0.3, 0.4) is 0 Å². The third-order valence-electron chi connectivity index (χ3n) is 1.41. The van der Waals surface area contributed by atoms with Gasteiger partial charge in [0.05, 0.1) is 6.61 Å². The zero-order valence-electron chi connectivity index (χ0n) is 6.34. The smallest absolute Gasteiger partial charge is 0.190 e. The molecule has 1 aliphatic rings. The quantitative estimate of drug-likeness (QED) is 0.628. The monoisotopic (exact) mass is 190 g/mol. The van der Waals surface area contributed by atoms with E-state index in [1.165, 1.54) is 11.8 Å².